The highest BCUT2D eigenvalue weighted by Gasteiger charge is 2.31. The fraction of sp³-hybridized carbons (Fsp3) is 0.364. The molecule has 0 aliphatic carbocycles. The van der Waals surface area contributed by atoms with E-state index in [-0.39, 0.29) is 5.56 Å². The first-order valence-electron chi connectivity index (χ1n) is 5.13. The van der Waals surface area contributed by atoms with E-state index in [1.54, 1.807) is 0 Å². The number of carbonyl (C=O) groups is 1. The molecular weight excluding hydrogens is 284 g/mol. The third-order valence-electron chi connectivity index (χ3n) is 2.43. The Morgan fingerprint density at radius 1 is 1.16 bits per heavy atom. The predicted molar refractivity (Wildman–Crippen MR) is 62.3 cm³/mol. The highest BCUT2D eigenvalue weighted by molar-refractivity contribution is 7.54. The van der Waals surface area contributed by atoms with E-state index < -0.39 is 31.3 Å². The van der Waals surface area contributed by atoms with Gasteiger partial charge in [-0.2, -0.15) is 13.2 Å². The number of hydrogen-bond acceptors (Lipinski definition) is 4. The SMILES string of the molecule is COP(=O)(CC(=O)c1ccc(C(F)(F)F)cc1)OC. The van der Waals surface area contributed by atoms with Crippen LogP contribution >= 0.6 is 7.60 Å². The zero-order chi connectivity index (χ0) is 14.7. The van der Waals surface area contributed by atoms with E-state index in [1.807, 2.05) is 0 Å². The van der Waals surface area contributed by atoms with Gasteiger partial charge in [0.25, 0.3) is 0 Å². The van der Waals surface area contributed by atoms with Crippen molar-refractivity contribution in [3.05, 3.63) is 35.4 Å². The Morgan fingerprint density at radius 2 is 1.63 bits per heavy atom. The molecule has 0 spiro atoms. The predicted octanol–water partition coefficient (Wildman–Crippen LogP) is 3.37. The number of alkyl halides is 3. The highest BCUT2D eigenvalue weighted by atomic mass is 31.2. The monoisotopic (exact) mass is 296 g/mol. The van der Waals surface area contributed by atoms with E-state index in [4.69, 9.17) is 0 Å². The average molecular weight is 296 g/mol. The number of hydrogen-bond donors (Lipinski definition) is 0. The topological polar surface area (TPSA) is 52.6 Å². The molecule has 0 aromatic heterocycles. The summed E-state index contributed by atoms with van der Waals surface area (Å²) in [6, 6.07) is 3.64. The van der Waals surface area contributed by atoms with Crippen LogP contribution in [0.2, 0.25) is 0 Å². The Bertz CT molecular complexity index is 488. The number of halogens is 3. The number of Topliss-reactive ketones (excluding diaryl/α,β-unsaturated/α-hetero) is 1. The average Bonchev–Trinajstić information content (AvgIpc) is 2.37. The van der Waals surface area contributed by atoms with Crippen molar-refractivity contribution < 1.29 is 31.6 Å². The van der Waals surface area contributed by atoms with Crippen molar-refractivity contribution in [2.45, 2.75) is 6.18 Å². The molecule has 0 atom stereocenters. The number of ketones is 1. The molecule has 0 N–H and O–H groups in total. The molecule has 1 aromatic carbocycles. The standard InChI is InChI=1S/C11H12F3O4P/c1-17-19(16,18-2)7-10(15)8-3-5-9(6-4-8)11(12,13)14/h3-6H,7H2,1-2H3. The van der Waals surface area contributed by atoms with Gasteiger partial charge in [0.15, 0.2) is 5.78 Å². The van der Waals surface area contributed by atoms with Gasteiger partial charge in [0, 0.05) is 19.8 Å². The summed E-state index contributed by atoms with van der Waals surface area (Å²) in [6.07, 6.45) is -4.98. The first-order valence-corrected chi connectivity index (χ1v) is 6.85. The third-order valence-corrected chi connectivity index (χ3v) is 4.21. The van der Waals surface area contributed by atoms with Crippen LogP contribution in [-0.4, -0.2) is 26.2 Å². The molecule has 1 rings (SSSR count). The van der Waals surface area contributed by atoms with E-state index in [0.717, 1.165) is 38.5 Å². The molecule has 1 aromatic rings. The van der Waals surface area contributed by atoms with Crippen LogP contribution in [0.15, 0.2) is 24.3 Å². The van der Waals surface area contributed by atoms with Gasteiger partial charge >= 0.3 is 13.8 Å². The molecule has 8 heteroatoms. The van der Waals surface area contributed by atoms with E-state index in [9.17, 15) is 22.5 Å². The molecule has 0 fully saturated rings. The molecule has 19 heavy (non-hydrogen) atoms. The lowest BCUT2D eigenvalue weighted by Gasteiger charge is -2.12. The largest absolute Gasteiger partial charge is 0.416 e. The van der Waals surface area contributed by atoms with E-state index in [1.165, 1.54) is 0 Å². The van der Waals surface area contributed by atoms with Crippen LogP contribution in [0.3, 0.4) is 0 Å². The van der Waals surface area contributed by atoms with Crippen LogP contribution in [0.1, 0.15) is 15.9 Å². The molecule has 0 bridgehead atoms. The molecule has 4 nitrogen and oxygen atoms in total. The summed E-state index contributed by atoms with van der Waals surface area (Å²) in [5, 5.41) is 0. The van der Waals surface area contributed by atoms with Gasteiger partial charge in [0.05, 0.1) is 5.56 Å². The van der Waals surface area contributed by atoms with E-state index in [0.29, 0.717) is 0 Å². The van der Waals surface area contributed by atoms with Crippen LogP contribution in [0.5, 0.6) is 0 Å². The normalized spacial score (nSPS) is 12.5. The molecule has 0 saturated carbocycles. The van der Waals surface area contributed by atoms with Crippen molar-refractivity contribution in [2.24, 2.45) is 0 Å². The van der Waals surface area contributed by atoms with Crippen molar-refractivity contribution in [3.8, 4) is 0 Å². The maximum absolute atomic E-state index is 12.3. The lowest BCUT2D eigenvalue weighted by molar-refractivity contribution is -0.137. The van der Waals surface area contributed by atoms with Crippen molar-refractivity contribution in [2.75, 3.05) is 20.4 Å². The van der Waals surface area contributed by atoms with Crippen LogP contribution in [0, 0.1) is 0 Å². The fourth-order valence-corrected chi connectivity index (χ4v) is 2.26. The van der Waals surface area contributed by atoms with Gasteiger partial charge in [-0.15, -0.1) is 0 Å². The molecule has 0 aliphatic rings. The number of benzene rings is 1. The minimum Gasteiger partial charge on any atom is -0.312 e. The molecule has 106 valence electrons. The summed E-state index contributed by atoms with van der Waals surface area (Å²) in [4.78, 5) is 11.7. The lowest BCUT2D eigenvalue weighted by Crippen LogP contribution is -2.10. The van der Waals surface area contributed by atoms with Gasteiger partial charge in [-0.05, 0) is 12.1 Å². The van der Waals surface area contributed by atoms with Gasteiger partial charge in [0.1, 0.15) is 6.16 Å². The maximum Gasteiger partial charge on any atom is 0.416 e. The second-order valence-electron chi connectivity index (χ2n) is 3.63. The lowest BCUT2D eigenvalue weighted by atomic mass is 10.1. The Labute approximate surface area is 108 Å². The van der Waals surface area contributed by atoms with Crippen LogP contribution < -0.4 is 0 Å². The van der Waals surface area contributed by atoms with Crippen molar-refractivity contribution in [1.82, 2.24) is 0 Å². The Balaban J connectivity index is 2.88. The summed E-state index contributed by atoms with van der Waals surface area (Å²) >= 11 is 0. The minimum atomic E-state index is -4.46. The van der Waals surface area contributed by atoms with Crippen LogP contribution in [0.4, 0.5) is 13.2 Å². The van der Waals surface area contributed by atoms with Gasteiger partial charge < -0.3 is 9.05 Å². The third kappa shape index (κ3) is 4.16. The van der Waals surface area contributed by atoms with Gasteiger partial charge in [0.2, 0.25) is 0 Å². The molecule has 0 amide bonds. The maximum atomic E-state index is 12.3. The quantitative estimate of drug-likeness (QED) is 0.617. The van der Waals surface area contributed by atoms with Crippen LogP contribution in [0.25, 0.3) is 0 Å². The minimum absolute atomic E-state index is 0.0160. The molecule has 0 heterocycles. The summed E-state index contributed by atoms with van der Waals surface area (Å²) in [5.74, 6) is -0.610. The van der Waals surface area contributed by atoms with Crippen LogP contribution in [-0.2, 0) is 19.8 Å². The fourth-order valence-electron chi connectivity index (χ4n) is 1.32. The van der Waals surface area contributed by atoms with Gasteiger partial charge in [-0.25, -0.2) is 0 Å². The second kappa shape index (κ2) is 5.86. The zero-order valence-electron chi connectivity index (χ0n) is 10.2. The first kappa shape index (κ1) is 15.9. The smallest absolute Gasteiger partial charge is 0.312 e. The van der Waals surface area contributed by atoms with E-state index >= 15 is 0 Å². The summed E-state index contributed by atoms with van der Waals surface area (Å²) in [5.41, 5.74) is -0.840. The van der Waals surface area contributed by atoms with Gasteiger partial charge in [-0.3, -0.25) is 9.36 Å². The molecule has 0 radical (unpaired) electrons. The highest BCUT2D eigenvalue weighted by Crippen LogP contribution is 2.46. The first-order chi connectivity index (χ1) is 8.72. The van der Waals surface area contributed by atoms with Crippen molar-refractivity contribution >= 4 is 13.4 Å². The molecule has 0 unspecified atom stereocenters. The van der Waals surface area contributed by atoms with Gasteiger partial charge in [-0.1, -0.05) is 12.1 Å². The summed E-state index contributed by atoms with van der Waals surface area (Å²) in [7, 11) is -1.26. The second-order valence-corrected chi connectivity index (χ2v) is 5.90. The Morgan fingerprint density at radius 3 is 2.00 bits per heavy atom. The summed E-state index contributed by atoms with van der Waals surface area (Å²) in [6.45, 7) is 0. The molecule has 0 saturated heterocycles. The zero-order valence-corrected chi connectivity index (χ0v) is 11.1. The molecular formula is C11H12F3O4P. The number of rotatable bonds is 5. The Kier molecular flexibility index (Phi) is 4.90. The van der Waals surface area contributed by atoms with Crippen molar-refractivity contribution in [1.29, 1.82) is 0 Å². The van der Waals surface area contributed by atoms with Crippen molar-refractivity contribution in [3.63, 3.8) is 0 Å². The van der Waals surface area contributed by atoms with E-state index in [2.05, 4.69) is 9.05 Å². The molecule has 0 aliphatic heterocycles. The summed E-state index contributed by atoms with van der Waals surface area (Å²) < 4.78 is 57.9. The number of carbonyl (C=O) groups excluding carboxylic acids is 1. The Hall–Kier alpha value is -1.17.